The Bertz CT molecular complexity index is 513. The molecule has 2 aromatic carbocycles. The number of aryl methyl sites for hydroxylation is 1. The molecular weight excluding hydrogens is 222 g/mol. The van der Waals surface area contributed by atoms with Crippen LogP contribution >= 0.6 is 0 Å². The quantitative estimate of drug-likeness (QED) is 0.779. The van der Waals surface area contributed by atoms with E-state index < -0.39 is 11.6 Å². The van der Waals surface area contributed by atoms with E-state index in [-0.39, 0.29) is 5.69 Å². The maximum atomic E-state index is 13.4. The van der Waals surface area contributed by atoms with Crippen molar-refractivity contribution in [2.75, 3.05) is 11.1 Å². The number of nitrogen functional groups attached to an aromatic ring is 1. The maximum absolute atomic E-state index is 13.4. The van der Waals surface area contributed by atoms with Gasteiger partial charge in [-0.25, -0.2) is 8.78 Å². The van der Waals surface area contributed by atoms with Crippen LogP contribution in [-0.4, -0.2) is 0 Å². The van der Waals surface area contributed by atoms with Gasteiger partial charge in [-0.3, -0.25) is 0 Å². The molecule has 0 aliphatic heterocycles. The van der Waals surface area contributed by atoms with Crippen molar-refractivity contribution >= 4 is 17.1 Å². The topological polar surface area (TPSA) is 38.0 Å². The van der Waals surface area contributed by atoms with Crippen molar-refractivity contribution in [3.63, 3.8) is 0 Å². The summed E-state index contributed by atoms with van der Waals surface area (Å²) in [6.07, 6.45) is 0. The van der Waals surface area contributed by atoms with E-state index in [0.29, 0.717) is 11.4 Å². The summed E-state index contributed by atoms with van der Waals surface area (Å²) in [5.74, 6) is -1.27. The van der Waals surface area contributed by atoms with Crippen LogP contribution in [0.15, 0.2) is 36.4 Å². The standard InChI is InChI=1S/C13H12F2N2/c1-8-5-9(16)7-10(6-8)17-13-11(14)3-2-4-12(13)15/h2-7,17H,16H2,1H3. The number of halogens is 2. The van der Waals surface area contributed by atoms with Gasteiger partial charge >= 0.3 is 0 Å². The van der Waals surface area contributed by atoms with Crippen LogP contribution < -0.4 is 11.1 Å². The smallest absolute Gasteiger partial charge is 0.149 e. The molecule has 0 bridgehead atoms. The lowest BCUT2D eigenvalue weighted by atomic mass is 10.2. The number of para-hydroxylation sites is 1. The molecule has 0 aromatic heterocycles. The van der Waals surface area contributed by atoms with Gasteiger partial charge in [-0.05, 0) is 42.8 Å². The Kier molecular flexibility index (Phi) is 2.95. The predicted molar refractivity (Wildman–Crippen MR) is 65.2 cm³/mol. The van der Waals surface area contributed by atoms with Gasteiger partial charge in [-0.1, -0.05) is 6.07 Å². The van der Waals surface area contributed by atoms with Crippen molar-refractivity contribution in [3.05, 3.63) is 53.6 Å². The van der Waals surface area contributed by atoms with Gasteiger partial charge in [0.2, 0.25) is 0 Å². The minimum Gasteiger partial charge on any atom is -0.399 e. The average Bonchev–Trinajstić information content (AvgIpc) is 2.22. The van der Waals surface area contributed by atoms with Crippen LogP contribution in [0.3, 0.4) is 0 Å². The van der Waals surface area contributed by atoms with Crippen molar-refractivity contribution in [2.24, 2.45) is 0 Å². The summed E-state index contributed by atoms with van der Waals surface area (Å²) < 4.78 is 26.8. The molecule has 2 nitrogen and oxygen atoms in total. The van der Waals surface area contributed by atoms with E-state index >= 15 is 0 Å². The highest BCUT2D eigenvalue weighted by molar-refractivity contribution is 5.65. The maximum Gasteiger partial charge on any atom is 0.149 e. The van der Waals surface area contributed by atoms with E-state index in [4.69, 9.17) is 5.73 Å². The van der Waals surface area contributed by atoms with Crippen LogP contribution in [0.4, 0.5) is 25.8 Å². The first-order valence-electron chi connectivity index (χ1n) is 5.14. The molecule has 0 saturated carbocycles. The highest BCUT2D eigenvalue weighted by Gasteiger charge is 2.08. The Morgan fingerprint density at radius 1 is 1.06 bits per heavy atom. The zero-order valence-electron chi connectivity index (χ0n) is 9.30. The van der Waals surface area contributed by atoms with Crippen LogP contribution in [0.5, 0.6) is 0 Å². The molecule has 0 amide bonds. The molecule has 2 aromatic rings. The Morgan fingerprint density at radius 3 is 2.29 bits per heavy atom. The van der Waals surface area contributed by atoms with E-state index in [9.17, 15) is 8.78 Å². The molecule has 0 heterocycles. The molecule has 0 fully saturated rings. The van der Waals surface area contributed by atoms with Crippen molar-refractivity contribution in [1.82, 2.24) is 0 Å². The van der Waals surface area contributed by atoms with Gasteiger partial charge in [0.1, 0.15) is 17.3 Å². The summed E-state index contributed by atoms with van der Waals surface area (Å²) >= 11 is 0. The molecule has 4 heteroatoms. The predicted octanol–water partition coefficient (Wildman–Crippen LogP) is 3.60. The molecule has 0 radical (unpaired) electrons. The zero-order chi connectivity index (χ0) is 12.4. The third-order valence-electron chi connectivity index (χ3n) is 2.33. The molecule has 2 rings (SSSR count). The zero-order valence-corrected chi connectivity index (χ0v) is 9.30. The third-order valence-corrected chi connectivity index (χ3v) is 2.33. The van der Waals surface area contributed by atoms with Crippen LogP contribution in [-0.2, 0) is 0 Å². The summed E-state index contributed by atoms with van der Waals surface area (Å²) in [7, 11) is 0. The molecule has 88 valence electrons. The third kappa shape index (κ3) is 2.53. The number of hydrogen-bond donors (Lipinski definition) is 2. The van der Waals surface area contributed by atoms with Gasteiger partial charge in [0.05, 0.1) is 0 Å². The van der Waals surface area contributed by atoms with Crippen LogP contribution in [0.25, 0.3) is 0 Å². The van der Waals surface area contributed by atoms with Gasteiger partial charge in [0.15, 0.2) is 0 Å². The summed E-state index contributed by atoms with van der Waals surface area (Å²) in [5, 5.41) is 2.69. The SMILES string of the molecule is Cc1cc(N)cc(Nc2c(F)cccc2F)c1. The van der Waals surface area contributed by atoms with Gasteiger partial charge < -0.3 is 11.1 Å². The van der Waals surface area contributed by atoms with E-state index in [1.807, 2.05) is 6.92 Å². The second kappa shape index (κ2) is 4.41. The number of rotatable bonds is 2. The van der Waals surface area contributed by atoms with Crippen LogP contribution in [0.1, 0.15) is 5.56 Å². The van der Waals surface area contributed by atoms with Crippen LogP contribution in [0, 0.1) is 18.6 Å². The summed E-state index contributed by atoms with van der Waals surface area (Å²) in [6, 6.07) is 8.89. The van der Waals surface area contributed by atoms with Gasteiger partial charge in [-0.15, -0.1) is 0 Å². The number of anilines is 3. The molecule has 17 heavy (non-hydrogen) atoms. The monoisotopic (exact) mass is 234 g/mol. The first kappa shape index (κ1) is 11.4. The summed E-state index contributed by atoms with van der Waals surface area (Å²) in [6.45, 7) is 1.86. The highest BCUT2D eigenvalue weighted by atomic mass is 19.1. The fraction of sp³-hybridized carbons (Fsp3) is 0.0769. The molecule has 0 aliphatic carbocycles. The van der Waals surface area contributed by atoms with Crippen molar-refractivity contribution < 1.29 is 8.78 Å². The van der Waals surface area contributed by atoms with E-state index in [1.165, 1.54) is 18.2 Å². The second-order valence-corrected chi connectivity index (χ2v) is 3.85. The molecule has 3 N–H and O–H groups in total. The Morgan fingerprint density at radius 2 is 1.71 bits per heavy atom. The summed E-state index contributed by atoms with van der Waals surface area (Å²) in [4.78, 5) is 0. The lowest BCUT2D eigenvalue weighted by Gasteiger charge is -2.10. The van der Waals surface area contributed by atoms with Crippen molar-refractivity contribution in [2.45, 2.75) is 6.92 Å². The number of nitrogens with one attached hydrogen (secondary N) is 1. The van der Waals surface area contributed by atoms with E-state index in [1.54, 1.807) is 18.2 Å². The molecular formula is C13H12F2N2. The van der Waals surface area contributed by atoms with E-state index in [2.05, 4.69) is 5.32 Å². The average molecular weight is 234 g/mol. The lowest BCUT2D eigenvalue weighted by molar-refractivity contribution is 0.591. The highest BCUT2D eigenvalue weighted by Crippen LogP contribution is 2.25. The molecule has 0 spiro atoms. The number of benzene rings is 2. The normalized spacial score (nSPS) is 10.3. The van der Waals surface area contributed by atoms with Crippen molar-refractivity contribution in [1.29, 1.82) is 0 Å². The first-order chi connectivity index (χ1) is 8.06. The van der Waals surface area contributed by atoms with E-state index in [0.717, 1.165) is 5.56 Å². The Hall–Kier alpha value is -2.10. The van der Waals surface area contributed by atoms with Crippen LogP contribution in [0.2, 0.25) is 0 Å². The van der Waals surface area contributed by atoms with Gasteiger partial charge in [0, 0.05) is 11.4 Å². The number of nitrogens with two attached hydrogens (primary N) is 1. The fourth-order valence-corrected chi connectivity index (χ4v) is 1.65. The molecule has 0 aliphatic rings. The second-order valence-electron chi connectivity index (χ2n) is 3.85. The minimum absolute atomic E-state index is 0.169. The molecule has 0 atom stereocenters. The molecule has 0 unspecified atom stereocenters. The number of hydrogen-bond acceptors (Lipinski definition) is 2. The largest absolute Gasteiger partial charge is 0.399 e. The van der Waals surface area contributed by atoms with Gasteiger partial charge in [0.25, 0.3) is 0 Å². The first-order valence-corrected chi connectivity index (χ1v) is 5.14. The Labute approximate surface area is 98.1 Å². The lowest BCUT2D eigenvalue weighted by Crippen LogP contribution is -1.98. The minimum atomic E-state index is -0.634. The Balaban J connectivity index is 2.38. The molecule has 0 saturated heterocycles. The summed E-state index contributed by atoms with van der Waals surface area (Å²) in [5.41, 5.74) is 7.52. The van der Waals surface area contributed by atoms with Gasteiger partial charge in [-0.2, -0.15) is 0 Å². The van der Waals surface area contributed by atoms with Crippen molar-refractivity contribution in [3.8, 4) is 0 Å². The fourth-order valence-electron chi connectivity index (χ4n) is 1.65.